The molecule has 0 aliphatic heterocycles. The highest BCUT2D eigenvalue weighted by Gasteiger charge is 2.42. The molecule has 2 N–H and O–H groups in total. The summed E-state index contributed by atoms with van der Waals surface area (Å²) >= 11 is 0. The quantitative estimate of drug-likeness (QED) is 0.334. The molecular weight excluding hydrogens is 423 g/mol. The predicted octanol–water partition coefficient (Wildman–Crippen LogP) is 3.46. The number of hydrogen-bond acceptors (Lipinski definition) is 4. The van der Waals surface area contributed by atoms with Crippen molar-refractivity contribution in [3.8, 4) is 17.0 Å². The third kappa shape index (κ3) is 4.07. The highest BCUT2D eigenvalue weighted by atomic mass is 16.3. The van der Waals surface area contributed by atoms with Crippen molar-refractivity contribution in [1.29, 1.82) is 0 Å². The maximum atomic E-state index is 13.3. The molecule has 2 aromatic heterocycles. The van der Waals surface area contributed by atoms with Crippen molar-refractivity contribution < 1.29 is 9.90 Å². The van der Waals surface area contributed by atoms with Gasteiger partial charge >= 0.3 is 0 Å². The molecule has 6 nitrogen and oxygen atoms in total. The van der Waals surface area contributed by atoms with Crippen LogP contribution in [0.15, 0.2) is 66.9 Å². The molecule has 2 heterocycles. The molecule has 1 amide bonds. The number of aromatic hydroxyl groups is 1. The summed E-state index contributed by atoms with van der Waals surface area (Å²) in [5, 5.41) is 17.9. The highest BCUT2D eigenvalue weighted by molar-refractivity contribution is 6.36. The second-order valence-electron chi connectivity index (χ2n) is 9.00. The van der Waals surface area contributed by atoms with Crippen molar-refractivity contribution in [3.63, 3.8) is 0 Å². The predicted molar refractivity (Wildman–Crippen MR) is 133 cm³/mol. The summed E-state index contributed by atoms with van der Waals surface area (Å²) in [6.07, 6.45) is 6.95. The van der Waals surface area contributed by atoms with E-state index in [1.807, 2.05) is 36.4 Å². The van der Waals surface area contributed by atoms with E-state index >= 15 is 0 Å². The Morgan fingerprint density at radius 2 is 1.82 bits per heavy atom. The maximum Gasteiger partial charge on any atom is 0.230 e. The van der Waals surface area contributed by atoms with Crippen LogP contribution < -0.4 is 10.8 Å². The Hall–Kier alpha value is -3.61. The minimum absolute atomic E-state index is 0.120. The molecule has 0 unspecified atom stereocenters. The van der Waals surface area contributed by atoms with Gasteiger partial charge in [-0.15, -0.1) is 0 Å². The van der Waals surface area contributed by atoms with Gasteiger partial charge in [-0.2, -0.15) is 5.10 Å². The highest BCUT2D eigenvalue weighted by Crippen LogP contribution is 2.41. The molecule has 4 aromatic rings. The van der Waals surface area contributed by atoms with Crippen molar-refractivity contribution in [2.75, 3.05) is 6.54 Å². The van der Waals surface area contributed by atoms with E-state index in [0.29, 0.717) is 35.3 Å². The topological polar surface area (TPSA) is 79.5 Å². The lowest BCUT2D eigenvalue weighted by molar-refractivity contribution is -0.126. The van der Waals surface area contributed by atoms with Crippen molar-refractivity contribution in [2.45, 2.75) is 43.9 Å². The number of amides is 1. The van der Waals surface area contributed by atoms with Gasteiger partial charge in [0.1, 0.15) is 19.2 Å². The number of para-hydroxylation sites is 1. The Kier molecular flexibility index (Phi) is 6.09. The first kappa shape index (κ1) is 22.2. The maximum absolute atomic E-state index is 13.3. The molecule has 170 valence electrons. The molecule has 2 radical (unpaired) electrons. The van der Waals surface area contributed by atoms with Gasteiger partial charge in [0.15, 0.2) is 0 Å². The number of benzene rings is 2. The second kappa shape index (κ2) is 9.33. The van der Waals surface area contributed by atoms with Crippen molar-refractivity contribution in [1.82, 2.24) is 19.9 Å². The van der Waals surface area contributed by atoms with Gasteiger partial charge in [-0.05, 0) is 54.9 Å². The Balaban J connectivity index is 1.32. The van der Waals surface area contributed by atoms with Gasteiger partial charge in [0.25, 0.3) is 0 Å². The lowest BCUT2D eigenvalue weighted by Crippen LogP contribution is -2.43. The van der Waals surface area contributed by atoms with E-state index in [-0.39, 0.29) is 11.7 Å². The Bertz CT molecular complexity index is 1310. The number of carbonyl (C=O) groups excluding carboxylic acids is 1. The molecule has 34 heavy (non-hydrogen) atoms. The molecule has 7 heteroatoms. The third-order valence-electron chi connectivity index (χ3n) is 6.87. The average Bonchev–Trinajstić information content (AvgIpc) is 3.51. The first-order valence-electron chi connectivity index (χ1n) is 11.8. The standard InChI is InChI=1S/C27H27BN4O2/c28-22-18-30-32-20(17-23(31-25(22)32)21-12-4-5-13-24(21)33)11-8-16-29-26(34)27(14-6-7-15-27)19-9-2-1-3-10-19/h1-5,9-10,12-13,17-18,33H,6-8,11,14-16H2,(H,29,34). The molecule has 0 spiro atoms. The van der Waals surface area contributed by atoms with Gasteiger partial charge in [-0.1, -0.05) is 55.3 Å². The van der Waals surface area contributed by atoms with Crippen LogP contribution in [0, 0.1) is 0 Å². The van der Waals surface area contributed by atoms with E-state index in [1.165, 1.54) is 0 Å². The second-order valence-corrected chi connectivity index (χ2v) is 9.00. The van der Waals surface area contributed by atoms with Crippen LogP contribution in [0.2, 0.25) is 0 Å². The van der Waals surface area contributed by atoms with E-state index in [4.69, 9.17) is 7.85 Å². The third-order valence-corrected chi connectivity index (χ3v) is 6.87. The van der Waals surface area contributed by atoms with Crippen LogP contribution in [-0.4, -0.2) is 40.0 Å². The smallest absolute Gasteiger partial charge is 0.230 e. The molecule has 1 saturated carbocycles. The van der Waals surface area contributed by atoms with Crippen LogP contribution >= 0.6 is 0 Å². The van der Waals surface area contributed by atoms with Crippen LogP contribution in [0.3, 0.4) is 0 Å². The minimum Gasteiger partial charge on any atom is -0.507 e. The summed E-state index contributed by atoms with van der Waals surface area (Å²) in [5.41, 5.74) is 3.95. The number of fused-ring (bicyclic) bond motifs is 1. The number of phenolic OH excluding ortho intramolecular Hbond substituents is 1. The van der Waals surface area contributed by atoms with E-state index in [0.717, 1.165) is 43.4 Å². The van der Waals surface area contributed by atoms with Crippen molar-refractivity contribution in [3.05, 3.63) is 78.1 Å². The van der Waals surface area contributed by atoms with Crippen LogP contribution in [0.1, 0.15) is 43.4 Å². The van der Waals surface area contributed by atoms with E-state index in [1.54, 1.807) is 22.8 Å². The summed E-state index contributed by atoms with van der Waals surface area (Å²) in [7, 11) is 6.10. The number of aryl methyl sites for hydroxylation is 1. The summed E-state index contributed by atoms with van der Waals surface area (Å²) < 4.78 is 1.74. The number of phenols is 1. The minimum atomic E-state index is -0.417. The van der Waals surface area contributed by atoms with Crippen molar-refractivity contribution >= 4 is 24.9 Å². The normalized spacial score (nSPS) is 14.9. The van der Waals surface area contributed by atoms with Gasteiger partial charge in [0, 0.05) is 24.0 Å². The molecular formula is C27H27BN4O2. The van der Waals surface area contributed by atoms with Crippen LogP contribution in [-0.2, 0) is 16.6 Å². The summed E-state index contributed by atoms with van der Waals surface area (Å²) in [6.45, 7) is 0.569. The lowest BCUT2D eigenvalue weighted by Gasteiger charge is -2.28. The molecule has 1 fully saturated rings. The number of rotatable bonds is 7. The summed E-state index contributed by atoms with van der Waals surface area (Å²) in [6, 6.07) is 19.2. The molecule has 5 rings (SSSR count). The number of carbonyl (C=O) groups is 1. The molecule has 2 aromatic carbocycles. The van der Waals surface area contributed by atoms with Crippen LogP contribution in [0.25, 0.3) is 16.9 Å². The van der Waals surface area contributed by atoms with Gasteiger partial charge in [-0.3, -0.25) is 4.79 Å². The number of aromatic nitrogens is 3. The zero-order valence-electron chi connectivity index (χ0n) is 19.1. The van der Waals surface area contributed by atoms with E-state index in [9.17, 15) is 9.90 Å². The van der Waals surface area contributed by atoms with Crippen molar-refractivity contribution in [2.24, 2.45) is 0 Å². The number of hydrogen-bond donors (Lipinski definition) is 2. The van der Waals surface area contributed by atoms with Crippen LogP contribution in [0.4, 0.5) is 0 Å². The number of nitrogens with zero attached hydrogens (tertiary/aromatic N) is 3. The van der Waals surface area contributed by atoms with Gasteiger partial charge in [0.2, 0.25) is 5.91 Å². The van der Waals surface area contributed by atoms with Gasteiger partial charge in [-0.25, -0.2) is 9.50 Å². The monoisotopic (exact) mass is 450 g/mol. The van der Waals surface area contributed by atoms with Gasteiger partial charge < -0.3 is 10.4 Å². The molecule has 0 atom stereocenters. The van der Waals surface area contributed by atoms with E-state index < -0.39 is 5.41 Å². The number of nitrogens with one attached hydrogen (secondary N) is 1. The van der Waals surface area contributed by atoms with Crippen LogP contribution in [0.5, 0.6) is 5.75 Å². The average molecular weight is 450 g/mol. The molecule has 0 bridgehead atoms. The fourth-order valence-corrected chi connectivity index (χ4v) is 5.07. The first-order chi connectivity index (χ1) is 16.6. The Morgan fingerprint density at radius 1 is 1.09 bits per heavy atom. The summed E-state index contributed by atoms with van der Waals surface area (Å²) in [4.78, 5) is 17.9. The Labute approximate surface area is 200 Å². The SMILES string of the molecule is [B]c1cnn2c(CCCNC(=O)C3(c4ccccc4)CCCC3)cc(-c3ccccc3O)nc12. The first-order valence-corrected chi connectivity index (χ1v) is 11.8. The molecule has 0 saturated heterocycles. The molecule has 1 aliphatic rings. The fourth-order valence-electron chi connectivity index (χ4n) is 5.07. The zero-order chi connectivity index (χ0) is 23.5. The largest absolute Gasteiger partial charge is 0.507 e. The van der Waals surface area contributed by atoms with E-state index in [2.05, 4.69) is 27.5 Å². The Morgan fingerprint density at radius 3 is 2.59 bits per heavy atom. The van der Waals surface area contributed by atoms with Gasteiger partial charge in [0.05, 0.1) is 11.1 Å². The fraction of sp³-hybridized carbons (Fsp3) is 0.296. The molecule has 1 aliphatic carbocycles. The zero-order valence-corrected chi connectivity index (χ0v) is 19.1. The summed E-state index contributed by atoms with van der Waals surface area (Å²) in [5.74, 6) is 0.285. The lowest BCUT2D eigenvalue weighted by atomic mass is 9.78.